The minimum absolute atomic E-state index is 0.409. The van der Waals surface area contributed by atoms with Crippen LogP contribution in [0.25, 0.3) is 0 Å². The summed E-state index contributed by atoms with van der Waals surface area (Å²) in [6.45, 7) is 6.92. The first-order chi connectivity index (χ1) is 7.63. The molecule has 0 aliphatic carbocycles. The third-order valence-corrected chi connectivity index (χ3v) is 2.68. The number of hydrogen-bond acceptors (Lipinski definition) is 2. The van der Waals surface area contributed by atoms with Gasteiger partial charge >= 0.3 is 0 Å². The Kier molecular flexibility index (Phi) is 5.33. The van der Waals surface area contributed by atoms with Gasteiger partial charge in [-0.2, -0.15) is 0 Å². The Morgan fingerprint density at radius 2 is 1.81 bits per heavy atom. The number of benzene rings is 1. The summed E-state index contributed by atoms with van der Waals surface area (Å²) in [5.74, 6) is 1.48. The molecular weight excluding hydrogens is 200 g/mol. The Balaban J connectivity index is 2.43. The molecule has 0 fully saturated rings. The quantitative estimate of drug-likeness (QED) is 0.797. The van der Waals surface area contributed by atoms with E-state index in [9.17, 15) is 5.11 Å². The Bertz CT molecular complexity index is 290. The van der Waals surface area contributed by atoms with Crippen LogP contribution in [0.1, 0.15) is 45.3 Å². The van der Waals surface area contributed by atoms with E-state index in [0.29, 0.717) is 5.92 Å². The van der Waals surface area contributed by atoms with Crippen molar-refractivity contribution < 1.29 is 9.84 Å². The molecular formula is C14H22O2. The Morgan fingerprint density at radius 3 is 2.31 bits per heavy atom. The molecule has 1 unspecified atom stereocenters. The average molecular weight is 222 g/mol. The van der Waals surface area contributed by atoms with Crippen molar-refractivity contribution in [2.75, 3.05) is 6.61 Å². The van der Waals surface area contributed by atoms with E-state index in [1.54, 1.807) is 6.92 Å². The smallest absolute Gasteiger partial charge is 0.119 e. The lowest BCUT2D eigenvalue weighted by molar-refractivity contribution is 0.199. The number of aliphatic hydroxyl groups is 1. The highest BCUT2D eigenvalue weighted by atomic mass is 16.5. The van der Waals surface area contributed by atoms with Crippen molar-refractivity contribution in [3.63, 3.8) is 0 Å². The highest BCUT2D eigenvalue weighted by Crippen LogP contribution is 2.18. The summed E-state index contributed by atoms with van der Waals surface area (Å²) in [7, 11) is 0. The number of rotatable bonds is 6. The lowest BCUT2D eigenvalue weighted by Crippen LogP contribution is -2.08. The molecule has 0 bridgehead atoms. The van der Waals surface area contributed by atoms with Crippen LogP contribution in [0.4, 0.5) is 0 Å². The van der Waals surface area contributed by atoms with Gasteiger partial charge in [0.2, 0.25) is 0 Å². The summed E-state index contributed by atoms with van der Waals surface area (Å²) >= 11 is 0. The lowest BCUT2D eigenvalue weighted by Gasteiger charge is -2.12. The SMILES string of the molecule is CCCC(C)COc1ccc([C@H](C)O)cc1. The van der Waals surface area contributed by atoms with Gasteiger partial charge in [0.25, 0.3) is 0 Å². The van der Waals surface area contributed by atoms with Crippen LogP contribution in [0.3, 0.4) is 0 Å². The van der Waals surface area contributed by atoms with E-state index in [-0.39, 0.29) is 0 Å². The van der Waals surface area contributed by atoms with Crippen LogP contribution in [0.15, 0.2) is 24.3 Å². The average Bonchev–Trinajstić information content (AvgIpc) is 2.27. The minimum atomic E-state index is -0.409. The Labute approximate surface area is 98.3 Å². The molecule has 0 saturated carbocycles. The van der Waals surface area contributed by atoms with Crippen LogP contribution in [0.5, 0.6) is 5.75 Å². The molecule has 1 rings (SSSR count). The summed E-state index contributed by atoms with van der Waals surface area (Å²) < 4.78 is 5.67. The van der Waals surface area contributed by atoms with Gasteiger partial charge in [-0.25, -0.2) is 0 Å². The maximum Gasteiger partial charge on any atom is 0.119 e. The molecule has 0 saturated heterocycles. The first-order valence-electron chi connectivity index (χ1n) is 6.04. The molecule has 0 aromatic heterocycles. The van der Waals surface area contributed by atoms with E-state index in [0.717, 1.165) is 17.9 Å². The molecule has 0 amide bonds. The van der Waals surface area contributed by atoms with Crippen LogP contribution in [-0.2, 0) is 0 Å². The van der Waals surface area contributed by atoms with Gasteiger partial charge in [0.1, 0.15) is 5.75 Å². The van der Waals surface area contributed by atoms with E-state index in [1.165, 1.54) is 12.8 Å². The summed E-state index contributed by atoms with van der Waals surface area (Å²) in [6.07, 6.45) is 1.99. The Hall–Kier alpha value is -1.02. The predicted molar refractivity (Wildman–Crippen MR) is 66.6 cm³/mol. The van der Waals surface area contributed by atoms with Crippen LogP contribution in [-0.4, -0.2) is 11.7 Å². The zero-order valence-electron chi connectivity index (χ0n) is 10.4. The van der Waals surface area contributed by atoms with Gasteiger partial charge in [-0.15, -0.1) is 0 Å². The predicted octanol–water partition coefficient (Wildman–Crippen LogP) is 3.55. The summed E-state index contributed by atoms with van der Waals surface area (Å²) in [6, 6.07) is 7.65. The maximum absolute atomic E-state index is 9.36. The highest BCUT2D eigenvalue weighted by molar-refractivity contribution is 5.28. The van der Waals surface area contributed by atoms with Crippen molar-refractivity contribution in [3.05, 3.63) is 29.8 Å². The molecule has 0 heterocycles. The highest BCUT2D eigenvalue weighted by Gasteiger charge is 2.03. The number of hydrogen-bond donors (Lipinski definition) is 1. The summed E-state index contributed by atoms with van der Waals surface area (Å²) in [4.78, 5) is 0. The van der Waals surface area contributed by atoms with Crippen LogP contribution in [0, 0.1) is 5.92 Å². The third kappa shape index (κ3) is 4.23. The normalized spacial score (nSPS) is 14.5. The topological polar surface area (TPSA) is 29.5 Å². The van der Waals surface area contributed by atoms with E-state index < -0.39 is 6.10 Å². The standard InChI is InChI=1S/C14H22O2/c1-4-5-11(2)10-16-14-8-6-13(7-9-14)12(3)15/h6-9,11-12,15H,4-5,10H2,1-3H3/t11?,12-/m0/s1. The molecule has 0 aliphatic heterocycles. The Morgan fingerprint density at radius 1 is 1.19 bits per heavy atom. The van der Waals surface area contributed by atoms with E-state index in [4.69, 9.17) is 4.74 Å². The fourth-order valence-corrected chi connectivity index (χ4v) is 1.66. The zero-order valence-corrected chi connectivity index (χ0v) is 10.4. The molecule has 2 heteroatoms. The first kappa shape index (κ1) is 13.0. The van der Waals surface area contributed by atoms with Gasteiger partial charge in [-0.1, -0.05) is 32.4 Å². The fraction of sp³-hybridized carbons (Fsp3) is 0.571. The maximum atomic E-state index is 9.36. The van der Waals surface area contributed by atoms with Crippen molar-refractivity contribution in [2.24, 2.45) is 5.92 Å². The molecule has 0 radical (unpaired) electrons. The first-order valence-corrected chi connectivity index (χ1v) is 6.04. The van der Waals surface area contributed by atoms with Crippen molar-refractivity contribution in [1.82, 2.24) is 0 Å². The van der Waals surface area contributed by atoms with Crippen molar-refractivity contribution in [3.8, 4) is 5.75 Å². The van der Waals surface area contributed by atoms with Gasteiger partial charge in [0.05, 0.1) is 12.7 Å². The minimum Gasteiger partial charge on any atom is -0.493 e. The van der Waals surface area contributed by atoms with Crippen LogP contribution < -0.4 is 4.74 Å². The van der Waals surface area contributed by atoms with Crippen LogP contribution in [0.2, 0.25) is 0 Å². The lowest BCUT2D eigenvalue weighted by atomic mass is 10.1. The number of ether oxygens (including phenoxy) is 1. The largest absolute Gasteiger partial charge is 0.493 e. The van der Waals surface area contributed by atoms with Crippen molar-refractivity contribution in [2.45, 2.75) is 39.7 Å². The molecule has 90 valence electrons. The second-order valence-electron chi connectivity index (χ2n) is 4.45. The van der Waals surface area contributed by atoms with Gasteiger partial charge in [0.15, 0.2) is 0 Å². The van der Waals surface area contributed by atoms with Crippen molar-refractivity contribution >= 4 is 0 Å². The van der Waals surface area contributed by atoms with E-state index >= 15 is 0 Å². The second-order valence-corrected chi connectivity index (χ2v) is 4.45. The summed E-state index contributed by atoms with van der Waals surface area (Å²) in [5.41, 5.74) is 0.925. The molecule has 16 heavy (non-hydrogen) atoms. The van der Waals surface area contributed by atoms with Gasteiger partial charge in [-0.05, 0) is 37.0 Å². The van der Waals surface area contributed by atoms with Crippen molar-refractivity contribution in [1.29, 1.82) is 0 Å². The molecule has 1 N–H and O–H groups in total. The molecule has 1 aromatic rings. The van der Waals surface area contributed by atoms with Crippen LogP contribution >= 0.6 is 0 Å². The van der Waals surface area contributed by atoms with Gasteiger partial charge in [0, 0.05) is 0 Å². The second kappa shape index (κ2) is 6.54. The molecule has 2 nitrogen and oxygen atoms in total. The van der Waals surface area contributed by atoms with Gasteiger partial charge in [-0.3, -0.25) is 0 Å². The molecule has 1 aromatic carbocycles. The molecule has 0 spiro atoms. The van der Waals surface area contributed by atoms with Gasteiger partial charge < -0.3 is 9.84 Å². The van der Waals surface area contributed by atoms with E-state index in [1.807, 2.05) is 24.3 Å². The monoisotopic (exact) mass is 222 g/mol. The van der Waals surface area contributed by atoms with E-state index in [2.05, 4.69) is 13.8 Å². The third-order valence-electron chi connectivity index (χ3n) is 2.68. The number of aliphatic hydroxyl groups excluding tert-OH is 1. The molecule has 0 aliphatic rings. The zero-order chi connectivity index (χ0) is 12.0. The fourth-order valence-electron chi connectivity index (χ4n) is 1.66. The molecule has 2 atom stereocenters. The summed E-state index contributed by atoms with van der Waals surface area (Å²) in [5, 5.41) is 9.36.